The van der Waals surface area contributed by atoms with Crippen LogP contribution in [0.25, 0.3) is 0 Å². The monoisotopic (exact) mass is 564 g/mol. The summed E-state index contributed by atoms with van der Waals surface area (Å²) < 4.78 is 51.0. The number of carbonyl (C=O) groups is 3. The number of Topliss-reactive ketones (excluding diaryl/α,β-unsaturated/α-hetero) is 1. The molecular weight excluding hydrogens is 533 g/mol. The highest BCUT2D eigenvalue weighted by molar-refractivity contribution is 6.19. The van der Waals surface area contributed by atoms with Crippen molar-refractivity contribution < 1.29 is 32.3 Å². The molecule has 41 heavy (non-hydrogen) atoms. The molecule has 4 rings (SSSR count). The number of alkyl halides is 3. The first-order valence-electron chi connectivity index (χ1n) is 13.3. The standard InChI is InChI=1S/C32H31F3N2O4/c1-21(2)41-26-18-16-25(17-19-26)29(39)36-31(32(33,34)35)27(28(38)24-14-8-5-9-15-24)22(3)37(30(31)40)20-10-13-23-11-6-4-7-12-23/h4-9,11-12,14-19,21H,10,13,20H2,1-3H3,(H,36,39)/t31-/m1/s1. The fourth-order valence-corrected chi connectivity index (χ4v) is 4.94. The molecule has 1 aliphatic heterocycles. The predicted molar refractivity (Wildman–Crippen MR) is 148 cm³/mol. The summed E-state index contributed by atoms with van der Waals surface area (Å²) in [6.07, 6.45) is -4.61. The predicted octanol–water partition coefficient (Wildman–Crippen LogP) is 6.14. The van der Waals surface area contributed by atoms with E-state index in [9.17, 15) is 14.4 Å². The Morgan fingerprint density at radius 2 is 1.49 bits per heavy atom. The van der Waals surface area contributed by atoms with Crippen LogP contribution in [0.15, 0.2) is 96.2 Å². The molecule has 1 N–H and O–H groups in total. The zero-order valence-corrected chi connectivity index (χ0v) is 23.0. The number of nitrogens with zero attached hydrogens (tertiary/aromatic N) is 1. The first-order chi connectivity index (χ1) is 19.5. The van der Waals surface area contributed by atoms with Crippen LogP contribution in [0.3, 0.4) is 0 Å². The van der Waals surface area contributed by atoms with Crippen LogP contribution in [0.1, 0.15) is 53.5 Å². The first kappa shape index (κ1) is 29.6. The number of halogens is 3. The first-order valence-corrected chi connectivity index (χ1v) is 13.3. The van der Waals surface area contributed by atoms with Crippen LogP contribution in [0, 0.1) is 0 Å². The zero-order valence-electron chi connectivity index (χ0n) is 23.0. The van der Waals surface area contributed by atoms with Crippen molar-refractivity contribution in [1.82, 2.24) is 10.2 Å². The lowest BCUT2D eigenvalue weighted by Crippen LogP contribution is -2.66. The summed E-state index contributed by atoms with van der Waals surface area (Å²) in [5.41, 5.74) is -3.71. The number of ketones is 1. The molecule has 0 spiro atoms. The van der Waals surface area contributed by atoms with Gasteiger partial charge in [0.1, 0.15) is 5.75 Å². The van der Waals surface area contributed by atoms with Gasteiger partial charge in [0.05, 0.1) is 11.7 Å². The SMILES string of the molecule is CC1=C(C(=O)c2ccccc2)[C@](NC(=O)c2ccc(OC(C)C)cc2)(C(F)(F)F)C(=O)N1CCCc1ccccc1. The van der Waals surface area contributed by atoms with Gasteiger partial charge < -0.3 is 15.0 Å². The Morgan fingerprint density at radius 3 is 2.05 bits per heavy atom. The number of ether oxygens (including phenoxy) is 1. The molecule has 0 radical (unpaired) electrons. The molecule has 9 heteroatoms. The Morgan fingerprint density at radius 1 is 0.902 bits per heavy atom. The van der Waals surface area contributed by atoms with E-state index in [1.165, 1.54) is 55.5 Å². The molecule has 3 aromatic rings. The molecule has 6 nitrogen and oxygen atoms in total. The lowest BCUT2D eigenvalue weighted by atomic mass is 9.84. The molecule has 0 unspecified atom stereocenters. The number of aryl methyl sites for hydroxylation is 1. The van der Waals surface area contributed by atoms with E-state index < -0.39 is 34.9 Å². The van der Waals surface area contributed by atoms with E-state index >= 15 is 13.2 Å². The van der Waals surface area contributed by atoms with Crippen molar-refractivity contribution in [1.29, 1.82) is 0 Å². The molecule has 214 valence electrons. The lowest BCUT2D eigenvalue weighted by molar-refractivity contribution is -0.189. The second-order valence-corrected chi connectivity index (χ2v) is 10.1. The van der Waals surface area contributed by atoms with Crippen molar-refractivity contribution in [3.8, 4) is 5.75 Å². The summed E-state index contributed by atoms with van der Waals surface area (Å²) in [5, 5.41) is 1.95. The highest BCUT2D eigenvalue weighted by Gasteiger charge is 2.70. The van der Waals surface area contributed by atoms with Gasteiger partial charge in [-0.15, -0.1) is 0 Å². The average molecular weight is 565 g/mol. The van der Waals surface area contributed by atoms with E-state index in [1.807, 2.05) is 49.5 Å². The quantitative estimate of drug-likeness (QED) is 0.301. The Kier molecular flexibility index (Phi) is 8.66. The molecule has 0 aliphatic carbocycles. The highest BCUT2D eigenvalue weighted by atomic mass is 19.4. The maximum absolute atomic E-state index is 15.1. The summed E-state index contributed by atoms with van der Waals surface area (Å²) in [6.45, 7) is 4.87. The van der Waals surface area contributed by atoms with Gasteiger partial charge in [0.2, 0.25) is 5.54 Å². The van der Waals surface area contributed by atoms with Gasteiger partial charge in [0.25, 0.3) is 11.8 Å². The third kappa shape index (κ3) is 6.04. The molecule has 0 fully saturated rings. The molecule has 1 aliphatic rings. The van der Waals surface area contributed by atoms with Crippen molar-refractivity contribution in [3.05, 3.63) is 113 Å². The van der Waals surface area contributed by atoms with Gasteiger partial charge in [-0.2, -0.15) is 13.2 Å². The van der Waals surface area contributed by atoms with Crippen LogP contribution < -0.4 is 10.1 Å². The number of hydrogen-bond donors (Lipinski definition) is 1. The Labute approximate surface area is 236 Å². The molecular formula is C32H31F3N2O4. The molecule has 0 saturated heterocycles. The summed E-state index contributed by atoms with van der Waals surface area (Å²) in [4.78, 5) is 41.7. The van der Waals surface area contributed by atoms with Crippen molar-refractivity contribution >= 4 is 17.6 Å². The average Bonchev–Trinajstić information content (AvgIpc) is 3.15. The third-order valence-electron chi connectivity index (χ3n) is 6.88. The van der Waals surface area contributed by atoms with Gasteiger partial charge >= 0.3 is 6.18 Å². The fourth-order valence-electron chi connectivity index (χ4n) is 4.94. The lowest BCUT2D eigenvalue weighted by Gasteiger charge is -2.33. The van der Waals surface area contributed by atoms with Gasteiger partial charge in [-0.1, -0.05) is 60.7 Å². The second-order valence-electron chi connectivity index (χ2n) is 10.1. The van der Waals surface area contributed by atoms with Crippen LogP contribution in [-0.2, 0) is 11.2 Å². The maximum Gasteiger partial charge on any atom is 0.425 e. The van der Waals surface area contributed by atoms with Gasteiger partial charge in [-0.3, -0.25) is 14.4 Å². The number of hydrogen-bond acceptors (Lipinski definition) is 4. The number of allylic oxidation sites excluding steroid dienone is 1. The van der Waals surface area contributed by atoms with E-state index in [2.05, 4.69) is 0 Å². The molecule has 1 atom stereocenters. The van der Waals surface area contributed by atoms with Crippen molar-refractivity contribution in [3.63, 3.8) is 0 Å². The summed E-state index contributed by atoms with van der Waals surface area (Å²) in [5.74, 6) is -3.12. The summed E-state index contributed by atoms with van der Waals surface area (Å²) in [7, 11) is 0. The Hall–Kier alpha value is -4.40. The van der Waals surface area contributed by atoms with Crippen LogP contribution >= 0.6 is 0 Å². The van der Waals surface area contributed by atoms with Gasteiger partial charge in [-0.05, 0) is 63.4 Å². The van der Waals surface area contributed by atoms with E-state index in [1.54, 1.807) is 6.07 Å². The summed E-state index contributed by atoms with van der Waals surface area (Å²) in [6, 6.07) is 22.3. The van der Waals surface area contributed by atoms with Crippen molar-refractivity contribution in [2.24, 2.45) is 0 Å². The summed E-state index contributed by atoms with van der Waals surface area (Å²) >= 11 is 0. The van der Waals surface area contributed by atoms with Gasteiger partial charge in [0, 0.05) is 23.4 Å². The van der Waals surface area contributed by atoms with Crippen molar-refractivity contribution in [2.75, 3.05) is 6.54 Å². The number of benzene rings is 3. The smallest absolute Gasteiger partial charge is 0.425 e. The minimum atomic E-state index is -5.32. The van der Waals surface area contributed by atoms with E-state index in [4.69, 9.17) is 4.74 Å². The second kappa shape index (κ2) is 12.0. The van der Waals surface area contributed by atoms with Crippen LogP contribution in [0.4, 0.5) is 13.2 Å². The normalized spacial score (nSPS) is 17.2. The topological polar surface area (TPSA) is 75.7 Å². The number of rotatable bonds is 10. The fraction of sp³-hybridized carbons (Fsp3) is 0.281. The number of carbonyl (C=O) groups excluding carboxylic acids is 3. The maximum atomic E-state index is 15.1. The molecule has 2 amide bonds. The number of amides is 2. The van der Waals surface area contributed by atoms with E-state index in [-0.39, 0.29) is 29.5 Å². The van der Waals surface area contributed by atoms with Crippen LogP contribution in [0.2, 0.25) is 0 Å². The van der Waals surface area contributed by atoms with Crippen LogP contribution in [-0.4, -0.2) is 46.9 Å². The van der Waals surface area contributed by atoms with E-state index in [0.29, 0.717) is 18.6 Å². The van der Waals surface area contributed by atoms with Gasteiger partial charge in [0.15, 0.2) is 5.78 Å². The molecule has 0 aromatic heterocycles. The minimum absolute atomic E-state index is 0.0288. The Balaban J connectivity index is 1.74. The zero-order chi connectivity index (χ0) is 29.8. The molecule has 3 aromatic carbocycles. The molecule has 0 bridgehead atoms. The van der Waals surface area contributed by atoms with Crippen molar-refractivity contribution in [2.45, 2.75) is 51.4 Å². The largest absolute Gasteiger partial charge is 0.491 e. The Bertz CT molecular complexity index is 1440. The number of nitrogens with one attached hydrogen (secondary N) is 1. The minimum Gasteiger partial charge on any atom is -0.491 e. The highest BCUT2D eigenvalue weighted by Crippen LogP contribution is 2.46. The third-order valence-corrected chi connectivity index (χ3v) is 6.88. The van der Waals surface area contributed by atoms with E-state index in [0.717, 1.165) is 10.5 Å². The van der Waals surface area contributed by atoms with Gasteiger partial charge in [-0.25, -0.2) is 0 Å². The molecule has 1 heterocycles. The molecule has 0 saturated carbocycles. The van der Waals surface area contributed by atoms with Crippen LogP contribution in [0.5, 0.6) is 5.75 Å².